The van der Waals surface area contributed by atoms with Gasteiger partial charge in [-0.3, -0.25) is 9.59 Å². The van der Waals surface area contributed by atoms with Crippen molar-refractivity contribution in [3.05, 3.63) is 23.9 Å². The number of methoxy groups -OCH3 is 1. The fourth-order valence-electron chi connectivity index (χ4n) is 1.68. The third-order valence-corrected chi connectivity index (χ3v) is 2.65. The van der Waals surface area contributed by atoms with Gasteiger partial charge in [-0.15, -0.1) is 0 Å². The number of carbonyl (C=O) groups is 2. The Morgan fingerprint density at radius 2 is 2.10 bits per heavy atom. The van der Waals surface area contributed by atoms with E-state index in [2.05, 4.69) is 10.3 Å². The standard InChI is InChI=1S/C14H21N3O3/c1-5-17(9-12(18)16-10(2)3)14(19)11-6-7-13(20-4)15-8-11/h6-8,10H,5,9H2,1-4H3,(H,16,18). The predicted octanol–water partition coefficient (Wildman–Crippen LogP) is 1.08. The van der Waals surface area contributed by atoms with Gasteiger partial charge in [0.15, 0.2) is 0 Å². The predicted molar refractivity (Wildman–Crippen MR) is 75.6 cm³/mol. The van der Waals surface area contributed by atoms with Crippen LogP contribution in [0, 0.1) is 0 Å². The number of nitrogens with zero attached hydrogens (tertiary/aromatic N) is 2. The van der Waals surface area contributed by atoms with E-state index in [0.717, 1.165) is 0 Å². The van der Waals surface area contributed by atoms with E-state index in [1.54, 1.807) is 12.1 Å². The van der Waals surface area contributed by atoms with Crippen molar-refractivity contribution in [2.45, 2.75) is 26.8 Å². The van der Waals surface area contributed by atoms with E-state index in [1.165, 1.54) is 18.2 Å². The highest BCUT2D eigenvalue weighted by Gasteiger charge is 2.18. The Morgan fingerprint density at radius 3 is 2.55 bits per heavy atom. The van der Waals surface area contributed by atoms with Crippen molar-refractivity contribution in [3.8, 4) is 5.88 Å². The molecular weight excluding hydrogens is 258 g/mol. The molecule has 0 saturated carbocycles. The molecule has 0 atom stereocenters. The Morgan fingerprint density at radius 1 is 1.40 bits per heavy atom. The number of hydrogen-bond donors (Lipinski definition) is 1. The molecule has 2 amide bonds. The molecule has 0 aliphatic carbocycles. The lowest BCUT2D eigenvalue weighted by atomic mass is 10.2. The van der Waals surface area contributed by atoms with E-state index in [9.17, 15) is 9.59 Å². The molecule has 0 spiro atoms. The highest BCUT2D eigenvalue weighted by atomic mass is 16.5. The lowest BCUT2D eigenvalue weighted by Gasteiger charge is -2.21. The van der Waals surface area contributed by atoms with Crippen molar-refractivity contribution < 1.29 is 14.3 Å². The molecule has 0 fully saturated rings. The molecule has 110 valence electrons. The zero-order chi connectivity index (χ0) is 15.1. The Bertz CT molecular complexity index is 457. The van der Waals surface area contributed by atoms with E-state index in [4.69, 9.17) is 4.74 Å². The number of hydrogen-bond acceptors (Lipinski definition) is 4. The summed E-state index contributed by atoms with van der Waals surface area (Å²) in [5.41, 5.74) is 0.435. The largest absolute Gasteiger partial charge is 0.481 e. The second-order valence-corrected chi connectivity index (χ2v) is 4.63. The molecule has 0 bridgehead atoms. The van der Waals surface area contributed by atoms with E-state index < -0.39 is 0 Å². The minimum atomic E-state index is -0.221. The number of pyridine rings is 1. The van der Waals surface area contributed by atoms with Gasteiger partial charge in [0.1, 0.15) is 0 Å². The maximum Gasteiger partial charge on any atom is 0.255 e. The first-order valence-electron chi connectivity index (χ1n) is 6.56. The molecule has 1 heterocycles. The molecule has 1 rings (SSSR count). The lowest BCUT2D eigenvalue weighted by molar-refractivity contribution is -0.122. The summed E-state index contributed by atoms with van der Waals surface area (Å²) in [6, 6.07) is 3.31. The van der Waals surface area contributed by atoms with Gasteiger partial charge < -0.3 is 15.0 Å². The molecule has 6 heteroatoms. The maximum absolute atomic E-state index is 12.3. The Balaban J connectivity index is 2.72. The minimum Gasteiger partial charge on any atom is -0.481 e. The summed E-state index contributed by atoms with van der Waals surface area (Å²) in [4.78, 5) is 29.4. The van der Waals surface area contributed by atoms with Crippen LogP contribution < -0.4 is 10.1 Å². The lowest BCUT2D eigenvalue weighted by Crippen LogP contribution is -2.42. The van der Waals surface area contributed by atoms with Gasteiger partial charge in [-0.2, -0.15) is 0 Å². The summed E-state index contributed by atoms with van der Waals surface area (Å²) < 4.78 is 4.94. The van der Waals surface area contributed by atoms with Crippen LogP contribution in [0.15, 0.2) is 18.3 Å². The fourth-order valence-corrected chi connectivity index (χ4v) is 1.68. The fraction of sp³-hybridized carbons (Fsp3) is 0.500. The first-order chi connectivity index (χ1) is 9.47. The van der Waals surface area contributed by atoms with Crippen LogP contribution in [0.25, 0.3) is 0 Å². The van der Waals surface area contributed by atoms with Crippen LogP contribution in [0.4, 0.5) is 0 Å². The third-order valence-electron chi connectivity index (χ3n) is 2.65. The van der Waals surface area contributed by atoms with E-state index in [0.29, 0.717) is 18.0 Å². The summed E-state index contributed by atoms with van der Waals surface area (Å²) in [6.07, 6.45) is 1.45. The van der Waals surface area contributed by atoms with Crippen molar-refractivity contribution in [3.63, 3.8) is 0 Å². The average Bonchev–Trinajstić information content (AvgIpc) is 2.43. The highest BCUT2D eigenvalue weighted by Crippen LogP contribution is 2.09. The van der Waals surface area contributed by atoms with E-state index in [-0.39, 0.29) is 24.4 Å². The Kier molecular flexibility index (Phi) is 5.96. The quantitative estimate of drug-likeness (QED) is 0.845. The minimum absolute atomic E-state index is 0.0412. The van der Waals surface area contributed by atoms with Crippen LogP contribution in [0.3, 0.4) is 0 Å². The van der Waals surface area contributed by atoms with Gasteiger partial charge in [-0.1, -0.05) is 0 Å². The van der Waals surface area contributed by atoms with Gasteiger partial charge in [0.2, 0.25) is 11.8 Å². The van der Waals surface area contributed by atoms with Crippen molar-refractivity contribution in [2.75, 3.05) is 20.2 Å². The summed E-state index contributed by atoms with van der Waals surface area (Å²) in [7, 11) is 1.51. The highest BCUT2D eigenvalue weighted by molar-refractivity contribution is 5.96. The molecular formula is C14H21N3O3. The number of amides is 2. The molecule has 1 N–H and O–H groups in total. The third kappa shape index (κ3) is 4.53. The molecule has 0 unspecified atom stereocenters. The van der Waals surface area contributed by atoms with Crippen LogP contribution in [0.5, 0.6) is 5.88 Å². The summed E-state index contributed by atoms with van der Waals surface area (Å²) >= 11 is 0. The van der Waals surface area contributed by atoms with Crippen molar-refractivity contribution in [1.29, 1.82) is 0 Å². The normalized spacial score (nSPS) is 10.2. The summed E-state index contributed by atoms with van der Waals surface area (Å²) in [6.45, 7) is 6.08. The molecule has 0 aliphatic rings. The number of likely N-dealkylation sites (N-methyl/N-ethyl adjacent to an activating group) is 1. The Labute approximate surface area is 119 Å². The molecule has 0 saturated heterocycles. The zero-order valence-electron chi connectivity index (χ0n) is 12.3. The molecule has 1 aromatic heterocycles. The molecule has 0 aliphatic heterocycles. The van der Waals surface area contributed by atoms with Crippen LogP contribution >= 0.6 is 0 Å². The van der Waals surface area contributed by atoms with Gasteiger partial charge in [0.25, 0.3) is 5.91 Å². The summed E-state index contributed by atoms with van der Waals surface area (Å²) in [5, 5.41) is 2.76. The second-order valence-electron chi connectivity index (χ2n) is 4.63. The molecule has 6 nitrogen and oxygen atoms in total. The van der Waals surface area contributed by atoms with Gasteiger partial charge >= 0.3 is 0 Å². The number of aromatic nitrogens is 1. The monoisotopic (exact) mass is 279 g/mol. The number of rotatable bonds is 6. The van der Waals surface area contributed by atoms with Gasteiger partial charge in [-0.05, 0) is 26.8 Å². The van der Waals surface area contributed by atoms with Crippen LogP contribution in [0.1, 0.15) is 31.1 Å². The number of ether oxygens (including phenoxy) is 1. The smallest absolute Gasteiger partial charge is 0.255 e. The molecule has 0 aromatic carbocycles. The van der Waals surface area contributed by atoms with Crippen LogP contribution in [-0.4, -0.2) is 47.9 Å². The average molecular weight is 279 g/mol. The van der Waals surface area contributed by atoms with Crippen molar-refractivity contribution >= 4 is 11.8 Å². The molecule has 1 aromatic rings. The molecule has 20 heavy (non-hydrogen) atoms. The van der Waals surface area contributed by atoms with Crippen molar-refractivity contribution in [1.82, 2.24) is 15.2 Å². The van der Waals surface area contributed by atoms with Crippen molar-refractivity contribution in [2.24, 2.45) is 0 Å². The first kappa shape index (κ1) is 15.9. The second kappa shape index (κ2) is 7.47. The Hall–Kier alpha value is -2.11. The maximum atomic E-state index is 12.3. The topological polar surface area (TPSA) is 71.5 Å². The number of nitrogens with one attached hydrogen (secondary N) is 1. The van der Waals surface area contributed by atoms with Gasteiger partial charge in [-0.25, -0.2) is 4.98 Å². The number of carbonyl (C=O) groups excluding carboxylic acids is 2. The van der Waals surface area contributed by atoms with Crippen LogP contribution in [0.2, 0.25) is 0 Å². The zero-order valence-corrected chi connectivity index (χ0v) is 12.3. The van der Waals surface area contributed by atoms with Crippen LogP contribution in [-0.2, 0) is 4.79 Å². The van der Waals surface area contributed by atoms with E-state index >= 15 is 0 Å². The first-order valence-corrected chi connectivity index (χ1v) is 6.56. The summed E-state index contributed by atoms with van der Waals surface area (Å²) in [5.74, 6) is 0.0559. The van der Waals surface area contributed by atoms with E-state index in [1.807, 2.05) is 20.8 Å². The molecule has 0 radical (unpaired) electrons. The van der Waals surface area contributed by atoms with Gasteiger partial charge in [0, 0.05) is 24.8 Å². The SMILES string of the molecule is CCN(CC(=O)NC(C)C)C(=O)c1ccc(OC)nc1. The van der Waals surface area contributed by atoms with Gasteiger partial charge in [0.05, 0.1) is 19.2 Å².